The first kappa shape index (κ1) is 15.2. The van der Waals surface area contributed by atoms with Gasteiger partial charge >= 0.3 is 5.69 Å². The molecule has 4 atom stereocenters. The largest absolute Gasteiger partial charge is 0.388 e. The molecule has 1 aromatic rings. The van der Waals surface area contributed by atoms with Crippen LogP contribution in [0, 0.1) is 0 Å². The third kappa shape index (κ3) is 2.56. The molecular weight excluding hydrogens is 292 g/mol. The monoisotopic (exact) mass is 312 g/mol. The third-order valence-electron chi connectivity index (χ3n) is 4.06. The van der Waals surface area contributed by atoms with Gasteiger partial charge in [-0.05, 0) is 6.92 Å². The molecule has 0 amide bonds. The second kappa shape index (κ2) is 5.84. The van der Waals surface area contributed by atoms with Gasteiger partial charge in [0.15, 0.2) is 12.0 Å². The lowest BCUT2D eigenvalue weighted by molar-refractivity contribution is -0.0349. The van der Waals surface area contributed by atoms with Crippen molar-refractivity contribution in [1.29, 1.82) is 0 Å². The Morgan fingerprint density at radius 3 is 2.59 bits per heavy atom. The van der Waals surface area contributed by atoms with Crippen molar-refractivity contribution >= 4 is 11.5 Å². The van der Waals surface area contributed by atoms with E-state index in [-0.39, 0.29) is 5.82 Å². The molecule has 122 valence electrons. The van der Waals surface area contributed by atoms with Gasteiger partial charge in [-0.2, -0.15) is 4.98 Å². The molecule has 0 unspecified atom stereocenters. The number of aromatic nitrogens is 2. The van der Waals surface area contributed by atoms with Crippen molar-refractivity contribution < 1.29 is 19.7 Å². The van der Waals surface area contributed by atoms with Gasteiger partial charge in [0, 0.05) is 19.3 Å². The molecule has 0 bridgehead atoms. The molecule has 9 nitrogen and oxygen atoms in total. The van der Waals surface area contributed by atoms with Gasteiger partial charge in [-0.15, -0.1) is 0 Å². The van der Waals surface area contributed by atoms with Crippen LogP contribution in [-0.2, 0) is 9.47 Å². The number of nitrogens with zero attached hydrogens (tertiary/aromatic N) is 3. The summed E-state index contributed by atoms with van der Waals surface area (Å²) in [5, 5.41) is 19.8. The summed E-state index contributed by atoms with van der Waals surface area (Å²) in [6.07, 6.45) is -2.28. The van der Waals surface area contributed by atoms with E-state index in [4.69, 9.17) is 15.2 Å². The van der Waals surface area contributed by atoms with Crippen molar-refractivity contribution in [2.24, 2.45) is 0 Å². The normalized spacial score (nSPS) is 32.4. The summed E-state index contributed by atoms with van der Waals surface area (Å²) in [5.74, 6) is 0.129. The van der Waals surface area contributed by atoms with Crippen LogP contribution in [0.2, 0.25) is 0 Å². The highest BCUT2D eigenvalue weighted by atomic mass is 16.6. The van der Waals surface area contributed by atoms with E-state index < -0.39 is 30.2 Å². The molecule has 0 saturated carbocycles. The van der Waals surface area contributed by atoms with Crippen LogP contribution in [0.1, 0.15) is 13.2 Å². The lowest BCUT2D eigenvalue weighted by Gasteiger charge is -2.30. The van der Waals surface area contributed by atoms with Crippen LogP contribution in [0.4, 0.5) is 11.5 Å². The molecule has 3 heterocycles. The van der Waals surface area contributed by atoms with Gasteiger partial charge in [0.25, 0.3) is 0 Å². The van der Waals surface area contributed by atoms with Crippen LogP contribution in [0.5, 0.6) is 0 Å². The molecule has 0 aromatic carbocycles. The summed E-state index contributed by atoms with van der Waals surface area (Å²) in [6, 6.07) is 0. The Balaban J connectivity index is 1.96. The van der Waals surface area contributed by atoms with Gasteiger partial charge in [-0.1, -0.05) is 0 Å². The molecule has 2 aliphatic rings. The maximum atomic E-state index is 12.1. The first-order chi connectivity index (χ1) is 10.5. The Bertz CT molecular complexity index is 601. The van der Waals surface area contributed by atoms with Gasteiger partial charge in [0.2, 0.25) is 0 Å². The van der Waals surface area contributed by atoms with Gasteiger partial charge in [-0.3, -0.25) is 4.57 Å². The summed E-state index contributed by atoms with van der Waals surface area (Å²) >= 11 is 0. The molecule has 2 fully saturated rings. The number of aliphatic hydroxyl groups is 2. The van der Waals surface area contributed by atoms with Crippen LogP contribution in [-0.4, -0.2) is 64.4 Å². The molecule has 2 saturated heterocycles. The molecule has 9 heteroatoms. The lowest BCUT2D eigenvalue weighted by Crippen LogP contribution is -2.40. The SMILES string of the molecule is C[C@H]1O[C@@H](n2cc(N3CCOCC3)c(N)nc2=O)[C@H](O)[C@@H]1O. The van der Waals surface area contributed by atoms with Crippen molar-refractivity contribution in [3.63, 3.8) is 0 Å². The maximum Gasteiger partial charge on any atom is 0.351 e. The van der Waals surface area contributed by atoms with E-state index in [0.717, 1.165) is 0 Å². The van der Waals surface area contributed by atoms with Gasteiger partial charge in [-0.25, -0.2) is 4.79 Å². The number of aliphatic hydroxyl groups excluding tert-OH is 2. The summed E-state index contributed by atoms with van der Waals surface area (Å²) in [7, 11) is 0. The van der Waals surface area contributed by atoms with Crippen molar-refractivity contribution in [3.8, 4) is 0 Å². The Labute approximate surface area is 126 Å². The van der Waals surface area contributed by atoms with E-state index in [2.05, 4.69) is 4.98 Å². The molecule has 2 aliphatic heterocycles. The Kier molecular flexibility index (Phi) is 4.04. The van der Waals surface area contributed by atoms with Crippen molar-refractivity contribution in [1.82, 2.24) is 9.55 Å². The first-order valence-electron chi connectivity index (χ1n) is 7.22. The van der Waals surface area contributed by atoms with E-state index in [1.54, 1.807) is 6.92 Å². The average Bonchev–Trinajstić information content (AvgIpc) is 2.76. The highest BCUT2D eigenvalue weighted by Gasteiger charge is 2.42. The Hall–Kier alpha value is -1.68. The van der Waals surface area contributed by atoms with Crippen LogP contribution in [0.25, 0.3) is 0 Å². The molecule has 22 heavy (non-hydrogen) atoms. The zero-order valence-corrected chi connectivity index (χ0v) is 12.3. The fraction of sp³-hybridized carbons (Fsp3) is 0.692. The third-order valence-corrected chi connectivity index (χ3v) is 4.06. The highest BCUT2D eigenvalue weighted by molar-refractivity contribution is 5.62. The standard InChI is InChI=1S/C13H20N4O5/c1-7-9(18)10(19)12(22-7)17-6-8(11(14)15-13(17)20)16-2-4-21-5-3-16/h6-7,9-10,12,18-19H,2-5H2,1H3,(H2,14,15,20)/t7-,9-,10-,12-/m1/s1. The zero-order valence-electron chi connectivity index (χ0n) is 12.3. The molecular formula is C13H20N4O5. The number of hydrogen-bond acceptors (Lipinski definition) is 8. The molecule has 0 aliphatic carbocycles. The van der Waals surface area contributed by atoms with Crippen molar-refractivity contribution in [2.45, 2.75) is 31.5 Å². The minimum atomic E-state index is -1.20. The number of anilines is 2. The number of ether oxygens (including phenoxy) is 2. The second-order valence-corrected chi connectivity index (χ2v) is 5.51. The minimum absolute atomic E-state index is 0.129. The lowest BCUT2D eigenvalue weighted by atomic mass is 10.1. The number of morpholine rings is 1. The summed E-state index contributed by atoms with van der Waals surface area (Å²) in [5.41, 5.74) is 5.81. The fourth-order valence-corrected chi connectivity index (χ4v) is 2.76. The van der Waals surface area contributed by atoms with E-state index in [9.17, 15) is 15.0 Å². The second-order valence-electron chi connectivity index (χ2n) is 5.51. The number of hydrogen-bond donors (Lipinski definition) is 3. The number of rotatable bonds is 2. The van der Waals surface area contributed by atoms with Crippen LogP contribution in [0.15, 0.2) is 11.0 Å². The van der Waals surface area contributed by atoms with E-state index in [1.165, 1.54) is 10.8 Å². The van der Waals surface area contributed by atoms with Crippen LogP contribution in [0.3, 0.4) is 0 Å². The average molecular weight is 312 g/mol. The van der Waals surface area contributed by atoms with Gasteiger partial charge < -0.3 is 30.3 Å². The molecule has 4 N–H and O–H groups in total. The van der Waals surface area contributed by atoms with Crippen molar-refractivity contribution in [3.05, 3.63) is 16.7 Å². The predicted octanol–water partition coefficient (Wildman–Crippen LogP) is -1.70. The van der Waals surface area contributed by atoms with Crippen molar-refractivity contribution in [2.75, 3.05) is 36.9 Å². The quantitative estimate of drug-likeness (QED) is 0.590. The zero-order chi connectivity index (χ0) is 15.9. The number of nitrogen functional groups attached to an aromatic ring is 1. The Morgan fingerprint density at radius 1 is 1.32 bits per heavy atom. The fourth-order valence-electron chi connectivity index (χ4n) is 2.76. The van der Waals surface area contributed by atoms with E-state index in [0.29, 0.717) is 32.0 Å². The van der Waals surface area contributed by atoms with Crippen LogP contribution >= 0.6 is 0 Å². The van der Waals surface area contributed by atoms with Gasteiger partial charge in [0.1, 0.15) is 12.2 Å². The summed E-state index contributed by atoms with van der Waals surface area (Å²) in [6.45, 7) is 4.04. The molecule has 1 aromatic heterocycles. The summed E-state index contributed by atoms with van der Waals surface area (Å²) in [4.78, 5) is 17.8. The Morgan fingerprint density at radius 2 is 2.00 bits per heavy atom. The topological polar surface area (TPSA) is 123 Å². The van der Waals surface area contributed by atoms with E-state index >= 15 is 0 Å². The summed E-state index contributed by atoms with van der Waals surface area (Å²) < 4.78 is 11.9. The van der Waals surface area contributed by atoms with Gasteiger partial charge in [0.05, 0.1) is 25.0 Å². The predicted molar refractivity (Wildman–Crippen MR) is 77.5 cm³/mol. The molecule has 0 radical (unpaired) electrons. The first-order valence-corrected chi connectivity index (χ1v) is 7.22. The molecule has 3 rings (SSSR count). The smallest absolute Gasteiger partial charge is 0.351 e. The van der Waals surface area contributed by atoms with E-state index in [1.807, 2.05) is 4.90 Å². The highest BCUT2D eigenvalue weighted by Crippen LogP contribution is 2.30. The minimum Gasteiger partial charge on any atom is -0.388 e. The molecule has 0 spiro atoms. The number of nitrogens with two attached hydrogens (primary N) is 1. The van der Waals surface area contributed by atoms with Crippen LogP contribution < -0.4 is 16.3 Å². The maximum absolute atomic E-state index is 12.1.